The van der Waals surface area contributed by atoms with Crippen LogP contribution in [0.4, 0.5) is 0 Å². The number of hydrogen-bond donors (Lipinski definition) is 4. The summed E-state index contributed by atoms with van der Waals surface area (Å²) in [6.07, 6.45) is 11.3. The second kappa shape index (κ2) is 64.5. The largest absolute Gasteiger partial charge is 0.460 e. The van der Waals surface area contributed by atoms with Crippen molar-refractivity contribution in [3.8, 4) is 0 Å². The molecule has 6 amide bonds. The first-order valence-corrected chi connectivity index (χ1v) is 53.3. The number of hydroxylamine groups is 2. The smallest absolute Gasteiger partial charge is 0.355 e. The van der Waals surface area contributed by atoms with Crippen molar-refractivity contribution < 1.29 is 101 Å². The summed E-state index contributed by atoms with van der Waals surface area (Å²) in [5.41, 5.74) is 5.38. The first-order chi connectivity index (χ1) is 70.1. The summed E-state index contributed by atoms with van der Waals surface area (Å²) >= 11 is 1.90. The normalized spacial score (nSPS) is 13.9. The molecule has 1 saturated heterocycles. The Morgan fingerprint density at radius 2 is 0.633 bits per heavy atom. The van der Waals surface area contributed by atoms with Gasteiger partial charge in [-0.1, -0.05) is 258 Å². The molecule has 9 atom stereocenters. The molecule has 147 heavy (non-hydrogen) atoms. The van der Waals surface area contributed by atoms with E-state index in [2.05, 4.69) is 101 Å². The number of imide groups is 1. The van der Waals surface area contributed by atoms with Gasteiger partial charge in [0.05, 0.1) is 22.6 Å². The number of nitrogens with zero attached hydrogens (tertiary/aromatic N) is 1. The molecule has 1 unspecified atom stereocenters. The van der Waals surface area contributed by atoms with E-state index in [0.29, 0.717) is 75.1 Å². The number of rotatable bonds is 68. The van der Waals surface area contributed by atoms with Crippen LogP contribution in [0.5, 0.6) is 0 Å². The molecule has 27 heteroatoms. The summed E-state index contributed by atoms with van der Waals surface area (Å²) < 4.78 is 10.6. The molecule has 0 aromatic heterocycles. The van der Waals surface area contributed by atoms with Gasteiger partial charge in [-0.2, -0.15) is 0 Å². The Morgan fingerprint density at radius 1 is 0.327 bits per heavy atom. The van der Waals surface area contributed by atoms with Crippen molar-refractivity contribution >= 4 is 117 Å². The number of esters is 2. The molecule has 792 valence electrons. The summed E-state index contributed by atoms with van der Waals surface area (Å²) in [4.78, 5) is 238. The summed E-state index contributed by atoms with van der Waals surface area (Å²) in [5, 5.41) is 12.3. The zero-order valence-electron chi connectivity index (χ0n) is 88.0. The van der Waals surface area contributed by atoms with Crippen molar-refractivity contribution in [3.05, 3.63) is 251 Å². The molecule has 0 bridgehead atoms. The third-order valence-corrected chi connectivity index (χ3v) is 27.6. The predicted molar refractivity (Wildman–Crippen MR) is 568 cm³/mol. The lowest BCUT2D eigenvalue weighted by Crippen LogP contribution is -2.48. The van der Waals surface area contributed by atoms with Gasteiger partial charge in [0.15, 0.2) is 5.78 Å². The molecule has 0 spiro atoms. The third-order valence-electron chi connectivity index (χ3n) is 25.9. The van der Waals surface area contributed by atoms with Crippen molar-refractivity contribution in [2.75, 3.05) is 13.1 Å². The van der Waals surface area contributed by atoms with Gasteiger partial charge < -0.3 is 45.2 Å². The number of hydrogen-bond acceptors (Lipinski definition) is 22. The maximum Gasteiger partial charge on any atom is 0.355 e. The van der Waals surface area contributed by atoms with Crippen LogP contribution < -0.4 is 21.3 Å². The van der Waals surface area contributed by atoms with Crippen molar-refractivity contribution in [1.29, 1.82) is 0 Å². The minimum atomic E-state index is -1.24. The summed E-state index contributed by atoms with van der Waals surface area (Å²) in [6, 6.07) is 67.4. The van der Waals surface area contributed by atoms with E-state index in [-0.39, 0.29) is 197 Å². The molecule has 8 rings (SSSR count). The van der Waals surface area contributed by atoms with E-state index in [1.807, 2.05) is 121 Å². The van der Waals surface area contributed by atoms with Gasteiger partial charge in [-0.3, -0.25) is 71.9 Å². The molecule has 1 aliphatic heterocycles. The fourth-order valence-corrected chi connectivity index (χ4v) is 19.6. The lowest BCUT2D eigenvalue weighted by atomic mass is 9.84. The van der Waals surface area contributed by atoms with Gasteiger partial charge in [-0.25, -0.2) is 4.79 Å². The number of nitrogens with one attached hydrogen (secondary N) is 4. The van der Waals surface area contributed by atoms with Gasteiger partial charge in [0.25, 0.3) is 11.8 Å². The fraction of sp³-hybridized carbons (Fsp3) is 0.500. The monoisotopic (exact) mass is 2030 g/mol. The molecule has 0 radical (unpaired) electrons. The van der Waals surface area contributed by atoms with Gasteiger partial charge in [0.2, 0.25) is 23.6 Å². The third kappa shape index (κ3) is 47.0. The van der Waals surface area contributed by atoms with Gasteiger partial charge >= 0.3 is 17.9 Å². The average molecular weight is 2040 g/mol. The highest BCUT2D eigenvalue weighted by Crippen LogP contribution is 2.51. The van der Waals surface area contributed by atoms with Gasteiger partial charge in [0.1, 0.15) is 63.5 Å². The maximum atomic E-state index is 14.4. The van der Waals surface area contributed by atoms with Crippen LogP contribution in [0, 0.1) is 35.5 Å². The number of thioether (sulfide) groups is 1. The number of unbranched alkanes of at least 4 members (excludes halogenated alkanes) is 8. The first kappa shape index (κ1) is 121. The standard InChI is InChI=1S/C70H88N2O9S.C50H67N3O12/c1-51(73)41-42-56(53(3)74)48-63(76)49-57(68(80)81-69(4,5)6)43-44-66(78)71-45-26-9-7-8-25-39-62(75)50-58(46-54-29-15-10-16-30-54)67(79)72-64(47-55-31-17-11-18-32-55)65(77)40-27-28-52(2)82-70(59-33-19-12-20-34-59,60-35-21-13-22-36-60)61-37-23-14-24-38-61;1-34(54)22-23-38(35(2)55)31-42(57)32-39(48(62)64-50(3,4)5)24-25-44(58)51-28-16-8-6-7-15-21-41(56)33-40(29-36-17-11-9-12-18-36)47(61)52-43(30-37-19-13-10-14-20-37)49(63)65-53-45(59)26-27-46(53)60/h10-24,29-38,52,56-58,64H,7-9,25-28,39-50H2,1-6H3,(H,71,78)(H,72,79);9-14,17-20,38-40,43H,6-8,15-16,21-33H2,1-5H3,(H,51,58)(H,52,61)/t52?,56-,57-,58-,64+;38-,39-,40-,43+/m11/s1. The number of ketones is 9. The molecule has 26 nitrogen and oxygen atoms in total. The molecule has 7 aromatic rings. The lowest BCUT2D eigenvalue weighted by Gasteiger charge is -2.37. The van der Waals surface area contributed by atoms with Gasteiger partial charge in [-0.05, 0) is 192 Å². The lowest BCUT2D eigenvalue weighted by molar-refractivity contribution is -0.199. The van der Waals surface area contributed by atoms with Crippen molar-refractivity contribution in [2.45, 2.75) is 334 Å². The van der Waals surface area contributed by atoms with Crippen LogP contribution in [0.3, 0.4) is 0 Å². The van der Waals surface area contributed by atoms with Crippen LogP contribution in [-0.2, 0) is 131 Å². The summed E-state index contributed by atoms with van der Waals surface area (Å²) in [6.45, 7) is 19.1. The number of ether oxygens (including phenoxy) is 2. The van der Waals surface area contributed by atoms with Crippen LogP contribution in [0.15, 0.2) is 212 Å². The zero-order valence-corrected chi connectivity index (χ0v) is 88.8. The molecule has 0 saturated carbocycles. The Balaban J connectivity index is 0.000000409. The van der Waals surface area contributed by atoms with E-state index in [1.54, 1.807) is 71.9 Å². The number of benzene rings is 7. The topological polar surface area (TPSA) is 386 Å². The minimum Gasteiger partial charge on any atom is -0.460 e. The Labute approximate surface area is 873 Å². The minimum absolute atomic E-state index is 0.00144. The Bertz CT molecular complexity index is 5290. The molecule has 1 fully saturated rings. The molecule has 1 heterocycles. The van der Waals surface area contributed by atoms with Crippen molar-refractivity contribution in [1.82, 2.24) is 26.3 Å². The Morgan fingerprint density at radius 3 is 0.980 bits per heavy atom. The van der Waals surface area contributed by atoms with E-state index in [4.69, 9.17) is 14.3 Å². The van der Waals surface area contributed by atoms with Crippen LogP contribution in [0.1, 0.15) is 314 Å². The number of Topliss-reactive ketones (excluding diaryl/α,β-unsaturated/α-hetero) is 9. The average Bonchev–Trinajstić information content (AvgIpc) is 0.792. The molecular weight excluding hydrogens is 1880 g/mol. The zero-order chi connectivity index (χ0) is 107. The highest BCUT2D eigenvalue weighted by molar-refractivity contribution is 8.01. The maximum absolute atomic E-state index is 14.4. The first-order valence-electron chi connectivity index (χ1n) is 52.4. The van der Waals surface area contributed by atoms with E-state index in [9.17, 15) is 86.3 Å². The molecule has 7 aromatic carbocycles. The van der Waals surface area contributed by atoms with Crippen LogP contribution in [0.25, 0.3) is 0 Å². The highest BCUT2D eigenvalue weighted by Gasteiger charge is 2.41. The van der Waals surface area contributed by atoms with E-state index in [0.717, 1.165) is 68.1 Å². The van der Waals surface area contributed by atoms with Crippen LogP contribution in [-0.4, -0.2) is 152 Å². The van der Waals surface area contributed by atoms with Crippen molar-refractivity contribution in [3.63, 3.8) is 0 Å². The molecule has 1 aliphatic rings. The second-order valence-electron chi connectivity index (χ2n) is 41.1. The van der Waals surface area contributed by atoms with Crippen LogP contribution in [0.2, 0.25) is 0 Å². The van der Waals surface area contributed by atoms with Crippen molar-refractivity contribution in [2.24, 2.45) is 35.5 Å². The van der Waals surface area contributed by atoms with Gasteiger partial charge in [-0.15, -0.1) is 16.8 Å². The highest BCUT2D eigenvalue weighted by atomic mass is 32.2. The fourth-order valence-electron chi connectivity index (χ4n) is 17.9. The molecule has 0 aliphatic carbocycles. The Kier molecular flexibility index (Phi) is 53.2. The van der Waals surface area contributed by atoms with Gasteiger partial charge in [0, 0.05) is 145 Å². The predicted octanol–water partition coefficient (Wildman–Crippen LogP) is 19.8. The van der Waals surface area contributed by atoms with E-state index in [1.165, 1.54) is 44.4 Å². The van der Waals surface area contributed by atoms with E-state index >= 15 is 0 Å². The number of amides is 6. The summed E-state index contributed by atoms with van der Waals surface area (Å²) in [5.74, 6) is -10.4. The summed E-state index contributed by atoms with van der Waals surface area (Å²) in [7, 11) is 0. The number of carbonyl (C=O) groups is 18. The molecule has 4 N–H and O–H groups in total. The Hall–Kier alpha value is -12.7. The molecular formula is C120H155N5O21S. The second-order valence-corrected chi connectivity index (χ2v) is 42.7. The van der Waals surface area contributed by atoms with E-state index < -0.39 is 99.2 Å². The number of carbonyl (C=O) groups excluding carboxylic acids is 18. The SMILES string of the molecule is CC(=O)CC[C@H](CC(=O)C[C@@H](CCC(=O)NCCCCCCCC(=O)C[C@@H](Cc1ccccc1)C(=O)N[C@@H](Cc1ccccc1)C(=O)CCCC(C)SC(c1ccccc1)(c1ccccc1)c1ccccc1)C(=O)OC(C)(C)C)C(C)=O.CC(=O)CC[C@H](CC(=O)C[C@@H](CCC(=O)NCCCCCCCC(=O)C[C@@H](Cc1ccccc1)C(=O)N[C@@H](Cc1ccccc1)C(=O)ON1C(=O)CCC1=O)C(=O)OC(C)(C)C)C(C)=O. The van der Waals surface area contributed by atoms with Crippen LogP contribution >= 0.6 is 11.8 Å². The quantitative estimate of drug-likeness (QED) is 0.0119.